The van der Waals surface area contributed by atoms with E-state index in [2.05, 4.69) is 13.8 Å². The molecule has 0 aromatic rings. The van der Waals surface area contributed by atoms with Crippen LogP contribution < -0.4 is 0 Å². The van der Waals surface area contributed by atoms with Gasteiger partial charge in [0.2, 0.25) is 0 Å². The minimum absolute atomic E-state index is 0.180. The number of ether oxygens (including phenoxy) is 2. The fourth-order valence-electron chi connectivity index (χ4n) is 7.00. The molecule has 1 aliphatic rings. The monoisotopic (exact) mass is 609 g/mol. The van der Waals surface area contributed by atoms with Crippen molar-refractivity contribution in [1.29, 1.82) is 0 Å². The summed E-state index contributed by atoms with van der Waals surface area (Å²) in [5.41, 5.74) is 0. The highest BCUT2D eigenvalue weighted by Gasteiger charge is 2.40. The Morgan fingerprint density at radius 1 is 0.442 bits per heavy atom. The Balaban J connectivity index is 2.05. The van der Waals surface area contributed by atoms with E-state index >= 15 is 0 Å². The minimum Gasteiger partial charge on any atom is -0.396 e. The molecule has 43 heavy (non-hydrogen) atoms. The van der Waals surface area contributed by atoms with E-state index in [1.54, 1.807) is 0 Å². The van der Waals surface area contributed by atoms with Crippen molar-refractivity contribution in [3.05, 3.63) is 0 Å². The molecule has 0 radical (unpaired) electrons. The van der Waals surface area contributed by atoms with Gasteiger partial charge in [-0.3, -0.25) is 0 Å². The summed E-state index contributed by atoms with van der Waals surface area (Å²) in [6.07, 6.45) is 46.1. The molecule has 0 spiro atoms. The lowest BCUT2D eigenvalue weighted by Crippen LogP contribution is -2.31. The van der Waals surface area contributed by atoms with Crippen molar-refractivity contribution < 1.29 is 14.6 Å². The van der Waals surface area contributed by atoms with E-state index in [9.17, 15) is 5.11 Å². The molecule has 3 nitrogen and oxygen atoms in total. The van der Waals surface area contributed by atoms with Gasteiger partial charge in [0.1, 0.15) is 0 Å². The number of aliphatic hydroxyl groups is 1. The van der Waals surface area contributed by atoms with Gasteiger partial charge in [-0.1, -0.05) is 194 Å². The molecule has 0 aromatic carbocycles. The second-order valence-corrected chi connectivity index (χ2v) is 14.2. The molecule has 1 unspecified atom stereocenters. The predicted molar refractivity (Wildman–Crippen MR) is 189 cm³/mol. The van der Waals surface area contributed by atoms with Crippen LogP contribution in [0, 0.1) is 0 Å². The molecule has 1 fully saturated rings. The Morgan fingerprint density at radius 3 is 1.05 bits per heavy atom. The lowest BCUT2D eigenvalue weighted by atomic mass is 9.98. The lowest BCUT2D eigenvalue weighted by molar-refractivity contribution is -0.180. The van der Waals surface area contributed by atoms with E-state index < -0.39 is 0 Å². The van der Waals surface area contributed by atoms with Crippen LogP contribution in [0.15, 0.2) is 0 Å². The Hall–Kier alpha value is -0.120. The quantitative estimate of drug-likeness (QED) is 0.0727. The van der Waals surface area contributed by atoms with Crippen LogP contribution in [0.5, 0.6) is 0 Å². The smallest absolute Gasteiger partial charge is 0.168 e. The molecule has 0 amide bonds. The number of hydrogen-bond acceptors (Lipinski definition) is 3. The van der Waals surface area contributed by atoms with Gasteiger partial charge in [0.05, 0.1) is 12.7 Å². The van der Waals surface area contributed by atoms with Crippen LogP contribution in [-0.2, 0) is 9.47 Å². The summed E-state index contributed by atoms with van der Waals surface area (Å²) in [6, 6.07) is 0. The van der Waals surface area contributed by atoms with Crippen molar-refractivity contribution in [2.24, 2.45) is 0 Å². The molecule has 0 saturated carbocycles. The van der Waals surface area contributed by atoms with Gasteiger partial charge in [-0.15, -0.1) is 0 Å². The summed E-state index contributed by atoms with van der Waals surface area (Å²) in [6.45, 7) is 5.57. The molecule has 1 heterocycles. The molecule has 1 N–H and O–H groups in total. The highest BCUT2D eigenvalue weighted by Crippen LogP contribution is 2.36. The van der Waals surface area contributed by atoms with Gasteiger partial charge >= 0.3 is 0 Å². The highest BCUT2D eigenvalue weighted by atomic mass is 16.7. The van der Waals surface area contributed by atoms with Crippen molar-refractivity contribution in [3.63, 3.8) is 0 Å². The Morgan fingerprint density at radius 2 is 0.744 bits per heavy atom. The third kappa shape index (κ3) is 25.7. The van der Waals surface area contributed by atoms with Crippen molar-refractivity contribution in [2.45, 2.75) is 244 Å². The third-order valence-corrected chi connectivity index (χ3v) is 9.92. The van der Waals surface area contributed by atoms with Crippen molar-refractivity contribution >= 4 is 0 Å². The number of rotatable bonds is 35. The maximum absolute atomic E-state index is 9.26. The largest absolute Gasteiger partial charge is 0.396 e. The zero-order valence-corrected chi connectivity index (χ0v) is 29.8. The average Bonchev–Trinajstić information content (AvgIpc) is 3.43. The van der Waals surface area contributed by atoms with Crippen LogP contribution in [-0.4, -0.2) is 30.2 Å². The zero-order valence-electron chi connectivity index (χ0n) is 29.8. The second-order valence-electron chi connectivity index (χ2n) is 14.2. The van der Waals surface area contributed by atoms with Crippen LogP contribution in [0.25, 0.3) is 0 Å². The van der Waals surface area contributed by atoms with Gasteiger partial charge in [0.25, 0.3) is 0 Å². The van der Waals surface area contributed by atoms with Crippen LogP contribution in [0.3, 0.4) is 0 Å². The van der Waals surface area contributed by atoms with E-state index in [-0.39, 0.29) is 18.5 Å². The molecule has 1 saturated heterocycles. The first-order chi connectivity index (χ1) is 21.3. The lowest BCUT2D eigenvalue weighted by Gasteiger charge is -2.28. The van der Waals surface area contributed by atoms with Crippen LogP contribution in [0.1, 0.15) is 232 Å². The number of aliphatic hydroxyl groups excluding tert-OH is 1. The van der Waals surface area contributed by atoms with Gasteiger partial charge in [-0.05, 0) is 25.7 Å². The predicted octanol–water partition coefficient (Wildman–Crippen LogP) is 13.4. The zero-order chi connectivity index (χ0) is 30.9. The first-order valence-corrected chi connectivity index (χ1v) is 20.2. The molecular formula is C40H80O3. The number of hydrogen-bond donors (Lipinski definition) is 1. The van der Waals surface area contributed by atoms with E-state index in [1.165, 1.54) is 193 Å². The topological polar surface area (TPSA) is 38.7 Å². The fourth-order valence-corrected chi connectivity index (χ4v) is 7.00. The molecule has 1 rings (SSSR count). The Kier molecular flexibility index (Phi) is 30.3. The van der Waals surface area contributed by atoms with E-state index in [0.717, 1.165) is 32.3 Å². The van der Waals surface area contributed by atoms with Gasteiger partial charge in [-0.2, -0.15) is 0 Å². The maximum atomic E-state index is 9.26. The summed E-state index contributed by atoms with van der Waals surface area (Å²) >= 11 is 0. The van der Waals surface area contributed by atoms with Gasteiger partial charge in [-0.25, -0.2) is 0 Å². The van der Waals surface area contributed by atoms with E-state index in [0.29, 0.717) is 0 Å². The SMILES string of the molecule is CCCCCCCCCCCCCCCCCC1(CCCCCCCCCCCCCCCCC)OCC(CCCO)O1. The molecule has 3 heteroatoms. The molecule has 258 valence electrons. The van der Waals surface area contributed by atoms with E-state index in [4.69, 9.17) is 9.47 Å². The van der Waals surface area contributed by atoms with E-state index in [1.807, 2.05) is 0 Å². The molecule has 0 aliphatic carbocycles. The Bertz CT molecular complexity index is 502. The first kappa shape index (κ1) is 40.9. The molecule has 1 aliphatic heterocycles. The Labute approximate surface area is 271 Å². The highest BCUT2D eigenvalue weighted by molar-refractivity contribution is 4.80. The molecule has 0 bridgehead atoms. The maximum Gasteiger partial charge on any atom is 0.168 e. The summed E-state index contributed by atoms with van der Waals surface area (Å²) < 4.78 is 12.9. The summed E-state index contributed by atoms with van der Waals surface area (Å²) in [5, 5.41) is 9.26. The van der Waals surface area contributed by atoms with Crippen molar-refractivity contribution in [1.82, 2.24) is 0 Å². The normalized spacial score (nSPS) is 16.4. The fraction of sp³-hybridized carbons (Fsp3) is 1.00. The average molecular weight is 609 g/mol. The molecular weight excluding hydrogens is 528 g/mol. The second kappa shape index (κ2) is 31.8. The van der Waals surface area contributed by atoms with Crippen LogP contribution in [0.2, 0.25) is 0 Å². The van der Waals surface area contributed by atoms with Crippen molar-refractivity contribution in [3.8, 4) is 0 Å². The number of unbranched alkanes of at least 4 members (excludes halogenated alkanes) is 28. The first-order valence-electron chi connectivity index (χ1n) is 20.2. The molecule has 0 aromatic heterocycles. The van der Waals surface area contributed by atoms with Gasteiger partial charge in [0.15, 0.2) is 5.79 Å². The summed E-state index contributed by atoms with van der Waals surface area (Å²) in [4.78, 5) is 0. The van der Waals surface area contributed by atoms with Gasteiger partial charge in [0, 0.05) is 19.4 Å². The van der Waals surface area contributed by atoms with Crippen LogP contribution in [0.4, 0.5) is 0 Å². The third-order valence-electron chi connectivity index (χ3n) is 9.92. The van der Waals surface area contributed by atoms with Gasteiger partial charge < -0.3 is 14.6 Å². The van der Waals surface area contributed by atoms with Crippen LogP contribution >= 0.6 is 0 Å². The molecule has 1 atom stereocenters. The minimum atomic E-state index is -0.340. The standard InChI is InChI=1S/C40H80O3/c1-3-5-7-9-11-13-15-17-19-21-23-25-27-29-31-35-40(42-38-39(43-40)34-33-37-41)36-32-30-28-26-24-22-20-18-16-14-12-10-8-6-4-2/h39,41H,3-38H2,1-2H3. The summed E-state index contributed by atoms with van der Waals surface area (Å²) in [5.74, 6) is -0.340. The van der Waals surface area contributed by atoms with Crippen molar-refractivity contribution in [2.75, 3.05) is 13.2 Å². The summed E-state index contributed by atoms with van der Waals surface area (Å²) in [7, 11) is 0.